The van der Waals surface area contributed by atoms with Gasteiger partial charge in [-0.3, -0.25) is 10.1 Å². The molecule has 0 amide bonds. The number of carboxylic acids is 1. The van der Waals surface area contributed by atoms with E-state index in [0.29, 0.717) is 18.4 Å². The van der Waals surface area contributed by atoms with Crippen LogP contribution in [-0.4, -0.2) is 69.4 Å². The monoisotopic (exact) mass is 626 g/mol. The zero-order valence-corrected chi connectivity index (χ0v) is 28.0. The first-order chi connectivity index (χ1) is 21.4. The molecule has 8 N–H and O–H groups in total. The van der Waals surface area contributed by atoms with Gasteiger partial charge in [-0.25, -0.2) is 0 Å². The fourth-order valence-corrected chi connectivity index (χ4v) is 9.42. The Hall–Kier alpha value is -1.55. The predicted octanol–water partition coefficient (Wildman–Crippen LogP) is 4.78. The summed E-state index contributed by atoms with van der Waals surface area (Å²) in [6.07, 6.45) is 16.9. The number of benzene rings is 1. The van der Waals surface area contributed by atoms with E-state index in [0.717, 1.165) is 57.8 Å². The largest absolute Gasteiger partial charge is 0.481 e. The Morgan fingerprint density at radius 3 is 2.42 bits per heavy atom. The van der Waals surface area contributed by atoms with Crippen molar-refractivity contribution in [1.82, 2.24) is 16.0 Å². The third-order valence-electron chi connectivity index (χ3n) is 12.1. The Morgan fingerprint density at radius 1 is 0.956 bits per heavy atom. The van der Waals surface area contributed by atoms with Crippen LogP contribution in [0.1, 0.15) is 128 Å². The van der Waals surface area contributed by atoms with E-state index in [9.17, 15) is 20.1 Å². The number of piperidine rings is 2. The van der Waals surface area contributed by atoms with E-state index >= 15 is 0 Å². The normalized spacial score (nSPS) is 38.3. The highest BCUT2D eigenvalue weighted by atomic mass is 16.4. The number of fused-ring (bicyclic) bond motifs is 4. The summed E-state index contributed by atoms with van der Waals surface area (Å²) in [5.41, 5.74) is 7.92. The molecule has 0 radical (unpaired) electrons. The SMILES string of the molecule is C[C@@H]1N[C@H](CC[C@H]2CCCC3(CCCC3)CC[C@@](O)(CC(=O)O)CN[C@]3(C)C[C@@H](Cc4cccc(c4)C2)N[C@@H](N)C3)CC[C@H]1O. The summed E-state index contributed by atoms with van der Waals surface area (Å²) < 4.78 is 0. The summed E-state index contributed by atoms with van der Waals surface area (Å²) >= 11 is 0. The zero-order chi connectivity index (χ0) is 32.1. The lowest BCUT2D eigenvalue weighted by atomic mass is 9.73. The van der Waals surface area contributed by atoms with E-state index in [-0.39, 0.29) is 48.3 Å². The number of rotatable bonds is 5. The van der Waals surface area contributed by atoms with Crippen LogP contribution in [0.3, 0.4) is 0 Å². The molecular weight excluding hydrogens is 564 g/mol. The Morgan fingerprint density at radius 2 is 1.69 bits per heavy atom. The van der Waals surface area contributed by atoms with Crippen LogP contribution in [0.25, 0.3) is 0 Å². The van der Waals surface area contributed by atoms with Gasteiger partial charge in [0.05, 0.1) is 24.3 Å². The quantitative estimate of drug-likeness (QED) is 0.248. The zero-order valence-electron chi connectivity index (χ0n) is 28.0. The molecular formula is C37H62N4O4. The predicted molar refractivity (Wildman–Crippen MR) is 180 cm³/mol. The number of nitrogens with two attached hydrogens (primary N) is 1. The number of nitrogens with one attached hydrogen (secondary N) is 3. The summed E-state index contributed by atoms with van der Waals surface area (Å²) in [6, 6.07) is 9.99. The number of carbonyl (C=O) groups is 1. The molecule has 254 valence electrons. The highest BCUT2D eigenvalue weighted by Gasteiger charge is 2.41. The van der Waals surface area contributed by atoms with E-state index in [1.54, 1.807) is 0 Å². The molecule has 2 saturated heterocycles. The number of aliphatic hydroxyl groups excluding tert-OH is 1. The van der Waals surface area contributed by atoms with Crippen molar-refractivity contribution >= 4 is 5.97 Å². The van der Waals surface area contributed by atoms with Crippen molar-refractivity contribution in [3.8, 4) is 0 Å². The van der Waals surface area contributed by atoms with Gasteiger partial charge >= 0.3 is 5.97 Å². The van der Waals surface area contributed by atoms with Gasteiger partial charge in [0.25, 0.3) is 0 Å². The number of aliphatic carboxylic acids is 1. The van der Waals surface area contributed by atoms with Crippen LogP contribution in [-0.2, 0) is 17.6 Å². The Labute approximate surface area is 271 Å². The molecule has 0 unspecified atom stereocenters. The number of β-amino-alcohol motifs (C(OH)–C–C–N with tert-alkyl or cyclic N) is 1. The molecule has 8 nitrogen and oxygen atoms in total. The van der Waals surface area contributed by atoms with Crippen molar-refractivity contribution in [2.75, 3.05) is 6.54 Å². The Bertz CT molecular complexity index is 1110. The van der Waals surface area contributed by atoms with E-state index in [4.69, 9.17) is 5.73 Å². The van der Waals surface area contributed by atoms with Crippen molar-refractivity contribution in [3.63, 3.8) is 0 Å². The number of hydrogen-bond donors (Lipinski definition) is 7. The second-order valence-electron chi connectivity index (χ2n) is 16.2. The molecule has 1 aliphatic carbocycles. The molecule has 8 atom stereocenters. The molecule has 3 heterocycles. The van der Waals surface area contributed by atoms with Gasteiger partial charge in [-0.1, -0.05) is 49.9 Å². The van der Waals surface area contributed by atoms with Crippen LogP contribution in [0.4, 0.5) is 0 Å². The van der Waals surface area contributed by atoms with Gasteiger partial charge in [0.1, 0.15) is 0 Å². The molecule has 8 heteroatoms. The summed E-state index contributed by atoms with van der Waals surface area (Å²) in [5.74, 6) is -0.342. The smallest absolute Gasteiger partial charge is 0.306 e. The molecule has 1 aromatic carbocycles. The van der Waals surface area contributed by atoms with Gasteiger partial charge in [-0.05, 0) is 120 Å². The lowest BCUT2D eigenvalue weighted by Gasteiger charge is -2.45. The minimum atomic E-state index is -1.28. The van der Waals surface area contributed by atoms with Crippen molar-refractivity contribution in [2.24, 2.45) is 17.1 Å². The lowest BCUT2D eigenvalue weighted by Crippen LogP contribution is -2.63. The molecule has 3 aliphatic heterocycles. The number of aliphatic hydroxyl groups is 2. The maximum absolute atomic E-state index is 12.0. The summed E-state index contributed by atoms with van der Waals surface area (Å²) in [5, 5.41) is 42.8. The minimum Gasteiger partial charge on any atom is -0.481 e. The first-order valence-corrected chi connectivity index (χ1v) is 18.2. The molecule has 1 aromatic rings. The maximum Gasteiger partial charge on any atom is 0.306 e. The van der Waals surface area contributed by atoms with Crippen LogP contribution in [0.2, 0.25) is 0 Å². The van der Waals surface area contributed by atoms with E-state index in [1.165, 1.54) is 56.1 Å². The third-order valence-corrected chi connectivity index (χ3v) is 12.1. The van der Waals surface area contributed by atoms with E-state index in [1.807, 2.05) is 0 Å². The van der Waals surface area contributed by atoms with Gasteiger partial charge in [0.2, 0.25) is 0 Å². The summed E-state index contributed by atoms with van der Waals surface area (Å²) in [7, 11) is 0. The van der Waals surface area contributed by atoms with Crippen LogP contribution in [0.5, 0.6) is 0 Å². The van der Waals surface area contributed by atoms with Gasteiger partial charge in [-0.2, -0.15) is 0 Å². The fraction of sp³-hybridized carbons (Fsp3) is 0.811. The lowest BCUT2D eigenvalue weighted by molar-refractivity contribution is -0.143. The van der Waals surface area contributed by atoms with Crippen molar-refractivity contribution in [1.29, 1.82) is 0 Å². The average molecular weight is 627 g/mol. The molecule has 5 rings (SSSR count). The van der Waals surface area contributed by atoms with E-state index in [2.05, 4.69) is 54.1 Å². The van der Waals surface area contributed by atoms with Gasteiger partial charge in [-0.15, -0.1) is 0 Å². The Kier molecular flexibility index (Phi) is 11.7. The Balaban J connectivity index is 1.37. The summed E-state index contributed by atoms with van der Waals surface area (Å²) in [4.78, 5) is 12.0. The highest BCUT2D eigenvalue weighted by Crippen LogP contribution is 2.47. The molecule has 3 fully saturated rings. The topological polar surface area (TPSA) is 140 Å². The maximum atomic E-state index is 12.0. The second-order valence-corrected chi connectivity index (χ2v) is 16.2. The number of hydrogen-bond acceptors (Lipinski definition) is 7. The molecule has 0 aromatic heterocycles. The average Bonchev–Trinajstić information content (AvgIpc) is 3.44. The molecule has 4 aliphatic rings. The third kappa shape index (κ3) is 9.97. The van der Waals surface area contributed by atoms with Crippen molar-refractivity contribution in [2.45, 2.75) is 171 Å². The first-order valence-electron chi connectivity index (χ1n) is 18.2. The van der Waals surface area contributed by atoms with Gasteiger partial charge < -0.3 is 31.7 Å². The number of carboxylic acid groups (broad SMARTS) is 1. The second kappa shape index (κ2) is 15.1. The van der Waals surface area contributed by atoms with E-state index < -0.39 is 11.6 Å². The standard InChI is InChI=1S/C37H62N4O4/c1-26-32(42)13-12-30(40-26)11-10-27-9-6-16-36(14-3-4-15-36)17-18-37(45,24-34(43)44)25-39-35(2)22-31(41-33(38)23-35)21-29-8-5-7-28(19-27)20-29/h5,7-8,20,26-27,30-33,39-42,45H,3-4,6,9-19,21-25,38H2,1-2H3,(H,43,44)/t26-,27+,30+,31+,32+,33+,35+,37+/m0/s1. The molecule has 4 bridgehead atoms. The highest BCUT2D eigenvalue weighted by molar-refractivity contribution is 5.68. The molecule has 45 heavy (non-hydrogen) atoms. The van der Waals surface area contributed by atoms with Crippen LogP contribution < -0.4 is 21.7 Å². The van der Waals surface area contributed by atoms with Crippen LogP contribution in [0.15, 0.2) is 24.3 Å². The summed E-state index contributed by atoms with van der Waals surface area (Å²) in [6.45, 7) is 4.56. The molecule has 1 saturated carbocycles. The first kappa shape index (κ1) is 34.8. The fourth-order valence-electron chi connectivity index (χ4n) is 9.42. The van der Waals surface area contributed by atoms with Crippen molar-refractivity contribution in [3.05, 3.63) is 35.4 Å². The van der Waals surface area contributed by atoms with Crippen LogP contribution >= 0.6 is 0 Å². The van der Waals surface area contributed by atoms with Gasteiger partial charge in [0.15, 0.2) is 0 Å². The van der Waals surface area contributed by atoms with Gasteiger partial charge in [0, 0.05) is 30.2 Å². The van der Waals surface area contributed by atoms with Crippen molar-refractivity contribution < 1.29 is 20.1 Å². The minimum absolute atomic E-state index is 0.159. The van der Waals surface area contributed by atoms with Crippen LogP contribution in [0, 0.1) is 11.3 Å². The molecule has 1 spiro atoms.